The predicted molar refractivity (Wildman–Crippen MR) is 131 cm³/mol. The maximum Gasteiger partial charge on any atom is 0.407 e. The number of fused-ring (bicyclic) bond motifs is 3. The van der Waals surface area contributed by atoms with Gasteiger partial charge in [0.1, 0.15) is 18.7 Å². The van der Waals surface area contributed by atoms with Crippen LogP contribution in [0.5, 0.6) is 0 Å². The highest BCUT2D eigenvalue weighted by atomic mass is 16.5. The van der Waals surface area contributed by atoms with Crippen LogP contribution in [-0.4, -0.2) is 81.0 Å². The Kier molecular flexibility index (Phi) is 9.22. The maximum absolute atomic E-state index is 12.8. The van der Waals surface area contributed by atoms with Crippen molar-refractivity contribution in [3.63, 3.8) is 0 Å². The number of alkyl carbamates (subject to hydrolysis) is 1. The number of likely N-dealkylation sites (N-methyl/N-ethyl adjacent to an activating group) is 1. The molecule has 0 spiro atoms. The number of benzene rings is 2. The summed E-state index contributed by atoms with van der Waals surface area (Å²) in [6, 6.07) is 14.0. The number of aliphatic carboxylic acids is 1. The lowest BCUT2D eigenvalue weighted by atomic mass is 9.98. The molecule has 3 N–H and O–H groups in total. The number of rotatable bonds is 12. The minimum absolute atomic E-state index is 0.105. The zero-order valence-electron chi connectivity index (χ0n) is 20.3. The normalized spacial score (nSPS) is 14.1. The predicted octanol–water partition coefficient (Wildman–Crippen LogP) is 2.45. The van der Waals surface area contributed by atoms with Crippen LogP contribution in [0.1, 0.15) is 29.9 Å². The molecule has 0 heterocycles. The third kappa shape index (κ3) is 6.80. The molecule has 0 aliphatic heterocycles. The number of carboxylic acids is 1. The second-order valence-corrected chi connectivity index (χ2v) is 8.82. The molecule has 2 aromatic carbocycles. The van der Waals surface area contributed by atoms with E-state index in [1.54, 1.807) is 19.0 Å². The van der Waals surface area contributed by atoms with Gasteiger partial charge >= 0.3 is 12.1 Å². The van der Waals surface area contributed by atoms with Crippen molar-refractivity contribution < 1.29 is 29.0 Å². The minimum atomic E-state index is -1.14. The number of carbonyl (C=O) groups excluding carboxylic acids is 2. The Morgan fingerprint density at radius 1 is 0.971 bits per heavy atom. The molecule has 0 bridgehead atoms. The number of hydrogen-bond donors (Lipinski definition) is 3. The smallest absolute Gasteiger partial charge is 0.407 e. The van der Waals surface area contributed by atoms with E-state index in [0.717, 1.165) is 22.3 Å². The van der Waals surface area contributed by atoms with E-state index in [9.17, 15) is 19.5 Å². The largest absolute Gasteiger partial charge is 0.480 e. The average molecular weight is 484 g/mol. The number of amides is 2. The molecule has 35 heavy (non-hydrogen) atoms. The van der Waals surface area contributed by atoms with Crippen LogP contribution in [0.25, 0.3) is 11.1 Å². The van der Waals surface area contributed by atoms with Crippen LogP contribution in [0, 0.1) is 0 Å². The minimum Gasteiger partial charge on any atom is -0.480 e. The highest BCUT2D eigenvalue weighted by molar-refractivity contribution is 5.89. The summed E-state index contributed by atoms with van der Waals surface area (Å²) in [4.78, 5) is 38.8. The lowest BCUT2D eigenvalue weighted by Gasteiger charge is -2.24. The lowest BCUT2D eigenvalue weighted by molar-refractivity contribution is -0.142. The van der Waals surface area contributed by atoms with Crippen LogP contribution in [0.3, 0.4) is 0 Å². The molecule has 2 aromatic rings. The second kappa shape index (κ2) is 12.3. The van der Waals surface area contributed by atoms with E-state index in [2.05, 4.69) is 22.8 Å². The highest BCUT2D eigenvalue weighted by Crippen LogP contribution is 2.44. The quantitative estimate of drug-likeness (QED) is 0.397. The number of carbonyl (C=O) groups is 3. The van der Waals surface area contributed by atoms with E-state index in [4.69, 9.17) is 9.47 Å². The molecule has 2 atom stereocenters. The van der Waals surface area contributed by atoms with Crippen molar-refractivity contribution in [2.45, 2.75) is 30.8 Å². The van der Waals surface area contributed by atoms with Gasteiger partial charge in [-0.1, -0.05) is 48.5 Å². The average Bonchev–Trinajstić information content (AvgIpc) is 3.15. The molecular weight excluding hydrogens is 450 g/mol. The molecule has 0 aromatic heterocycles. The van der Waals surface area contributed by atoms with E-state index in [1.165, 1.54) is 7.11 Å². The third-order valence-electron chi connectivity index (χ3n) is 5.96. The Bertz CT molecular complexity index is 996. The van der Waals surface area contributed by atoms with E-state index in [-0.39, 0.29) is 25.5 Å². The summed E-state index contributed by atoms with van der Waals surface area (Å²) >= 11 is 0. The molecule has 1 aliphatic carbocycles. The number of ether oxygens (including phenoxy) is 2. The van der Waals surface area contributed by atoms with Crippen molar-refractivity contribution in [2.75, 3.05) is 41.0 Å². The SMILES string of the molecule is COCCCC(NC(=O)C(CN(C)C)NC(=O)OCC1c2ccccc2-c2ccccc21)C(=O)O. The van der Waals surface area contributed by atoms with E-state index in [0.29, 0.717) is 13.0 Å². The molecule has 3 rings (SSSR count). The molecule has 9 heteroatoms. The van der Waals surface area contributed by atoms with Crippen LogP contribution in [0.15, 0.2) is 48.5 Å². The van der Waals surface area contributed by atoms with Crippen molar-refractivity contribution in [1.29, 1.82) is 0 Å². The fraction of sp³-hybridized carbons (Fsp3) is 0.423. The summed E-state index contributed by atoms with van der Waals surface area (Å²) in [5.41, 5.74) is 4.42. The molecule has 188 valence electrons. The molecule has 1 aliphatic rings. The van der Waals surface area contributed by atoms with Gasteiger partial charge in [-0.05, 0) is 49.2 Å². The molecular formula is C26H33N3O6. The van der Waals surface area contributed by atoms with Crippen molar-refractivity contribution >= 4 is 18.0 Å². The number of hydrogen-bond acceptors (Lipinski definition) is 6. The van der Waals surface area contributed by atoms with Gasteiger partial charge in [-0.3, -0.25) is 4.79 Å². The summed E-state index contributed by atoms with van der Waals surface area (Å²) in [7, 11) is 5.04. The highest BCUT2D eigenvalue weighted by Gasteiger charge is 2.31. The maximum atomic E-state index is 12.8. The Hall–Kier alpha value is -3.43. The van der Waals surface area contributed by atoms with Gasteiger partial charge in [0.25, 0.3) is 0 Å². The zero-order valence-corrected chi connectivity index (χ0v) is 20.3. The Balaban J connectivity index is 1.64. The second-order valence-electron chi connectivity index (χ2n) is 8.82. The Morgan fingerprint density at radius 2 is 1.57 bits per heavy atom. The standard InChI is InChI=1S/C26H33N3O6/c1-29(2)15-23(24(30)27-22(25(31)32)13-8-14-34-3)28-26(33)35-16-21-19-11-6-4-9-17(19)18-10-5-7-12-20(18)21/h4-7,9-12,21-23H,8,13-16H2,1-3H3,(H,27,30)(H,28,33)(H,31,32). The fourth-order valence-electron chi connectivity index (χ4n) is 4.30. The van der Waals surface area contributed by atoms with Crippen molar-refractivity contribution in [2.24, 2.45) is 0 Å². The first kappa shape index (κ1) is 26.2. The van der Waals surface area contributed by atoms with E-state index in [1.807, 2.05) is 36.4 Å². The monoisotopic (exact) mass is 483 g/mol. The van der Waals surface area contributed by atoms with Gasteiger partial charge in [-0.2, -0.15) is 0 Å². The van der Waals surface area contributed by atoms with Gasteiger partial charge in [-0.15, -0.1) is 0 Å². The topological polar surface area (TPSA) is 117 Å². The molecule has 0 saturated heterocycles. The number of methoxy groups -OCH3 is 1. The van der Waals surface area contributed by atoms with Crippen molar-refractivity contribution in [3.8, 4) is 11.1 Å². The van der Waals surface area contributed by atoms with Gasteiger partial charge in [0.2, 0.25) is 5.91 Å². The van der Waals surface area contributed by atoms with Crippen molar-refractivity contribution in [1.82, 2.24) is 15.5 Å². The first-order valence-corrected chi connectivity index (χ1v) is 11.6. The summed E-state index contributed by atoms with van der Waals surface area (Å²) in [5, 5.41) is 14.6. The van der Waals surface area contributed by atoms with Gasteiger partial charge in [0, 0.05) is 26.2 Å². The number of carboxylic acid groups (broad SMARTS) is 1. The van der Waals surface area contributed by atoms with Crippen LogP contribution in [0.4, 0.5) is 4.79 Å². The Labute approximate surface area is 205 Å². The van der Waals surface area contributed by atoms with Crippen LogP contribution >= 0.6 is 0 Å². The molecule has 0 fully saturated rings. The third-order valence-corrected chi connectivity index (χ3v) is 5.96. The zero-order chi connectivity index (χ0) is 25.4. The molecule has 9 nitrogen and oxygen atoms in total. The van der Waals surface area contributed by atoms with Gasteiger partial charge in [0.05, 0.1) is 0 Å². The molecule has 2 amide bonds. The van der Waals surface area contributed by atoms with Gasteiger partial charge in [-0.25, -0.2) is 9.59 Å². The Morgan fingerprint density at radius 3 is 2.11 bits per heavy atom. The first-order valence-electron chi connectivity index (χ1n) is 11.6. The number of nitrogens with zero attached hydrogens (tertiary/aromatic N) is 1. The van der Waals surface area contributed by atoms with Crippen LogP contribution in [0.2, 0.25) is 0 Å². The van der Waals surface area contributed by atoms with Crippen LogP contribution < -0.4 is 10.6 Å². The molecule has 0 radical (unpaired) electrons. The summed E-state index contributed by atoms with van der Waals surface area (Å²) < 4.78 is 10.5. The lowest BCUT2D eigenvalue weighted by Crippen LogP contribution is -2.55. The summed E-state index contributed by atoms with van der Waals surface area (Å²) in [6.45, 7) is 0.685. The van der Waals surface area contributed by atoms with E-state index >= 15 is 0 Å². The van der Waals surface area contributed by atoms with Gasteiger partial charge < -0.3 is 30.1 Å². The van der Waals surface area contributed by atoms with Gasteiger partial charge in [0.15, 0.2) is 0 Å². The number of nitrogens with one attached hydrogen (secondary N) is 2. The van der Waals surface area contributed by atoms with Crippen molar-refractivity contribution in [3.05, 3.63) is 59.7 Å². The summed E-state index contributed by atoms with van der Waals surface area (Å²) in [5.74, 6) is -1.83. The summed E-state index contributed by atoms with van der Waals surface area (Å²) in [6.07, 6.45) is -0.0411. The van der Waals surface area contributed by atoms with E-state index < -0.39 is 30.1 Å². The molecule has 0 saturated carbocycles. The first-order chi connectivity index (χ1) is 16.8. The van der Waals surface area contributed by atoms with Crippen LogP contribution in [-0.2, 0) is 19.1 Å². The molecule has 2 unspecified atom stereocenters. The fourth-order valence-corrected chi connectivity index (χ4v) is 4.30.